The molecule has 0 radical (unpaired) electrons. The van der Waals surface area contributed by atoms with Crippen molar-refractivity contribution < 1.29 is 8.83 Å². The lowest BCUT2D eigenvalue weighted by Crippen LogP contribution is -2.30. The van der Waals surface area contributed by atoms with Crippen LogP contribution in [0.3, 0.4) is 0 Å². The van der Waals surface area contributed by atoms with Gasteiger partial charge in [-0.15, -0.1) is 0 Å². The minimum absolute atomic E-state index is 0.226. The predicted molar refractivity (Wildman–Crippen MR) is 446 cm³/mol. The molecule has 0 N–H and O–H groups in total. The summed E-state index contributed by atoms with van der Waals surface area (Å²) < 4.78 is 12.5. The summed E-state index contributed by atoms with van der Waals surface area (Å²) in [5, 5.41) is 4.54. The first kappa shape index (κ1) is 64.3. The second-order valence-electron chi connectivity index (χ2n) is 27.1. The normalized spacial score (nSPS) is 12.6. The fourth-order valence-electron chi connectivity index (χ4n) is 14.9. The van der Waals surface area contributed by atoms with E-state index in [1.807, 2.05) is 0 Å². The minimum atomic E-state index is 0.226. The zero-order valence-corrected chi connectivity index (χ0v) is 58.3. The molecule has 16 aromatic carbocycles. The Morgan fingerprint density at radius 2 is 0.434 bits per heavy atom. The van der Waals surface area contributed by atoms with E-state index >= 15 is 0 Å². The molecule has 0 spiro atoms. The van der Waals surface area contributed by atoms with Crippen molar-refractivity contribution in [1.82, 2.24) is 0 Å². The molecule has 1 atom stereocenters. The molecule has 1 aliphatic carbocycles. The highest BCUT2D eigenvalue weighted by Crippen LogP contribution is 2.42. The second kappa shape index (κ2) is 28.9. The van der Waals surface area contributed by atoms with Gasteiger partial charge in [-0.1, -0.05) is 309 Å². The standard InChI is InChI=1S/C54H37NO.C48H35NO/c1-4-10-38(11-5-1)42-20-28-48(29-21-42)55(49-30-22-43(23-31-49)39-12-6-2-7-13-39)50-32-24-44(25-33-50)41-16-18-45(19-17-41)47-27-35-54-52(37-47)51-36-46(26-34-53(51)56-54)40-14-8-3-9-15-40;1-4-10-34(11-5-1)37-20-26-43(27-21-37)49(42-14-8-3-9-15-42)44-28-22-38(23-29-44)36-16-18-39(19-17-36)41-25-31-48-46(33-41)45-32-40(24-30-47(45)50-48)35-12-6-2-7-13-35/h1-37H;1-26,28-33,43H,27H2. The first-order chi connectivity index (χ1) is 52.5. The summed E-state index contributed by atoms with van der Waals surface area (Å²) in [6.07, 6.45) is 7.91. The zero-order valence-electron chi connectivity index (χ0n) is 58.3. The number of fused-ring (bicyclic) bond motifs is 6. The van der Waals surface area contributed by atoms with E-state index in [2.05, 4.69) is 428 Å². The lowest BCUT2D eigenvalue weighted by Gasteiger charge is -2.33. The average Bonchev–Trinajstić information content (AvgIpc) is 1.19. The third kappa shape index (κ3) is 13.3. The Morgan fingerprint density at radius 1 is 0.208 bits per heavy atom. The summed E-state index contributed by atoms with van der Waals surface area (Å²) in [6.45, 7) is 0. The third-order valence-electron chi connectivity index (χ3n) is 20.5. The zero-order chi connectivity index (χ0) is 70.5. The lowest BCUT2D eigenvalue weighted by molar-refractivity contribution is 0.668. The molecular formula is C102H72N2O2. The quantitative estimate of drug-likeness (QED) is 0.102. The highest BCUT2D eigenvalue weighted by Gasteiger charge is 2.22. The Morgan fingerprint density at radius 3 is 0.726 bits per heavy atom. The summed E-state index contributed by atoms with van der Waals surface area (Å²) in [4.78, 5) is 4.77. The molecule has 18 aromatic rings. The Labute approximate surface area is 618 Å². The fourth-order valence-corrected chi connectivity index (χ4v) is 14.9. The predicted octanol–water partition coefficient (Wildman–Crippen LogP) is 28.5. The van der Waals surface area contributed by atoms with Crippen LogP contribution in [0.2, 0.25) is 0 Å². The van der Waals surface area contributed by atoms with Crippen LogP contribution in [-0.4, -0.2) is 6.04 Å². The van der Waals surface area contributed by atoms with Crippen molar-refractivity contribution in [2.45, 2.75) is 12.5 Å². The number of allylic oxidation sites excluding steroid dienone is 2. The second-order valence-corrected chi connectivity index (χ2v) is 27.1. The number of para-hydroxylation sites is 1. The summed E-state index contributed by atoms with van der Waals surface area (Å²) in [7, 11) is 0. The Kier molecular flexibility index (Phi) is 17.5. The number of hydrogen-bond acceptors (Lipinski definition) is 4. The molecule has 0 saturated heterocycles. The Balaban J connectivity index is 0.000000151. The van der Waals surface area contributed by atoms with Gasteiger partial charge in [0.1, 0.15) is 22.3 Å². The summed E-state index contributed by atoms with van der Waals surface area (Å²) in [5.41, 5.74) is 30.9. The molecule has 19 rings (SSSR count). The van der Waals surface area contributed by atoms with Gasteiger partial charge in [-0.2, -0.15) is 0 Å². The van der Waals surface area contributed by atoms with Crippen LogP contribution in [0.4, 0.5) is 28.4 Å². The van der Waals surface area contributed by atoms with Crippen LogP contribution in [0.1, 0.15) is 12.0 Å². The molecule has 2 heterocycles. The number of hydrogen-bond donors (Lipinski definition) is 0. The molecule has 502 valence electrons. The molecule has 0 saturated carbocycles. The van der Waals surface area contributed by atoms with Crippen LogP contribution in [0.25, 0.3) is 138 Å². The van der Waals surface area contributed by atoms with E-state index in [0.717, 1.165) is 67.4 Å². The van der Waals surface area contributed by atoms with E-state index in [9.17, 15) is 0 Å². The highest BCUT2D eigenvalue weighted by molar-refractivity contribution is 6.09. The first-order valence-corrected chi connectivity index (χ1v) is 36.3. The topological polar surface area (TPSA) is 32.8 Å². The van der Waals surface area contributed by atoms with Crippen LogP contribution in [0.5, 0.6) is 0 Å². The van der Waals surface area contributed by atoms with Crippen molar-refractivity contribution in [3.8, 4) is 89.0 Å². The van der Waals surface area contributed by atoms with E-state index in [4.69, 9.17) is 8.83 Å². The third-order valence-corrected chi connectivity index (χ3v) is 20.5. The van der Waals surface area contributed by atoms with Gasteiger partial charge >= 0.3 is 0 Å². The van der Waals surface area contributed by atoms with Crippen LogP contribution in [0.15, 0.2) is 427 Å². The smallest absolute Gasteiger partial charge is 0.135 e. The van der Waals surface area contributed by atoms with Gasteiger partial charge in [-0.25, -0.2) is 0 Å². The first-order valence-electron chi connectivity index (χ1n) is 36.3. The van der Waals surface area contributed by atoms with Crippen molar-refractivity contribution in [3.05, 3.63) is 424 Å². The van der Waals surface area contributed by atoms with Crippen LogP contribution in [-0.2, 0) is 0 Å². The molecule has 106 heavy (non-hydrogen) atoms. The van der Waals surface area contributed by atoms with E-state index in [1.54, 1.807) is 0 Å². The van der Waals surface area contributed by atoms with Gasteiger partial charge < -0.3 is 18.6 Å². The maximum absolute atomic E-state index is 6.24. The van der Waals surface area contributed by atoms with Gasteiger partial charge in [-0.05, 0) is 216 Å². The monoisotopic (exact) mass is 1360 g/mol. The molecule has 0 fully saturated rings. The number of nitrogens with zero attached hydrogens (tertiary/aromatic N) is 2. The average molecular weight is 1360 g/mol. The molecule has 0 aliphatic heterocycles. The van der Waals surface area contributed by atoms with Gasteiger partial charge in [-0.3, -0.25) is 0 Å². The van der Waals surface area contributed by atoms with E-state index < -0.39 is 0 Å². The van der Waals surface area contributed by atoms with Crippen molar-refractivity contribution in [2.24, 2.45) is 0 Å². The number of rotatable bonds is 15. The Bertz CT molecular complexity index is 6050. The van der Waals surface area contributed by atoms with Crippen molar-refractivity contribution in [3.63, 3.8) is 0 Å². The van der Waals surface area contributed by atoms with E-state index in [0.29, 0.717) is 0 Å². The molecule has 4 nitrogen and oxygen atoms in total. The van der Waals surface area contributed by atoms with Gasteiger partial charge in [0.2, 0.25) is 0 Å². The number of anilines is 5. The van der Waals surface area contributed by atoms with Crippen LogP contribution >= 0.6 is 0 Å². The molecule has 0 amide bonds. The van der Waals surface area contributed by atoms with Crippen LogP contribution < -0.4 is 9.80 Å². The molecule has 4 heteroatoms. The summed E-state index contributed by atoms with van der Waals surface area (Å²) in [5.74, 6) is 0. The van der Waals surface area contributed by atoms with Gasteiger partial charge in [0.15, 0.2) is 0 Å². The maximum Gasteiger partial charge on any atom is 0.135 e. The van der Waals surface area contributed by atoms with Gasteiger partial charge in [0, 0.05) is 50.0 Å². The van der Waals surface area contributed by atoms with E-state index in [-0.39, 0.29) is 6.04 Å². The SMILES string of the molecule is C1=CC(N(c2ccccc2)c2ccc(-c3ccc(-c4ccc5oc6ccc(-c7ccccc7)cc6c5c4)cc3)cc2)CC=C1c1ccccc1.c1ccc(-c2ccc(N(c3ccc(-c4ccccc4)cc3)c3ccc(-c4ccc(-c5ccc6oc7ccc(-c8ccccc8)cc7c6c5)cc4)cc3)cc2)cc1. The number of benzene rings is 16. The minimum Gasteiger partial charge on any atom is -0.456 e. The molecule has 1 aliphatic rings. The van der Waals surface area contributed by atoms with Crippen molar-refractivity contribution >= 4 is 77.9 Å². The fraction of sp³-hybridized carbons (Fsp3) is 0.0196. The molecule has 2 aromatic heterocycles. The molecule has 0 bridgehead atoms. The highest BCUT2D eigenvalue weighted by atomic mass is 16.3. The summed E-state index contributed by atoms with van der Waals surface area (Å²) >= 11 is 0. The Hall–Kier alpha value is -13.8. The molecular weight excluding hydrogens is 1290 g/mol. The van der Waals surface area contributed by atoms with Gasteiger partial charge in [0.05, 0.1) is 6.04 Å². The van der Waals surface area contributed by atoms with Crippen molar-refractivity contribution in [1.29, 1.82) is 0 Å². The summed E-state index contributed by atoms with van der Waals surface area (Å²) in [6, 6.07) is 143. The number of furan rings is 2. The largest absolute Gasteiger partial charge is 0.456 e. The maximum atomic E-state index is 6.24. The van der Waals surface area contributed by atoms with E-state index in [1.165, 1.54) is 112 Å². The van der Waals surface area contributed by atoms with Gasteiger partial charge in [0.25, 0.3) is 0 Å². The molecule has 1 unspecified atom stereocenters. The van der Waals surface area contributed by atoms with Crippen LogP contribution in [0, 0.1) is 0 Å². The lowest BCUT2D eigenvalue weighted by atomic mass is 9.95. The van der Waals surface area contributed by atoms with Crippen molar-refractivity contribution in [2.75, 3.05) is 9.80 Å².